The summed E-state index contributed by atoms with van der Waals surface area (Å²) in [6, 6.07) is 0. The van der Waals surface area contributed by atoms with Crippen molar-refractivity contribution in [2.75, 3.05) is 0 Å². The van der Waals surface area contributed by atoms with E-state index < -0.39 is 23.6 Å². The number of hydrogen-bond acceptors (Lipinski definition) is 4. The number of ketones is 1. The summed E-state index contributed by atoms with van der Waals surface area (Å²) >= 11 is 0. The van der Waals surface area contributed by atoms with Crippen molar-refractivity contribution in [3.8, 4) is 0 Å². The van der Waals surface area contributed by atoms with Crippen molar-refractivity contribution in [3.63, 3.8) is 0 Å². The Bertz CT molecular complexity index is 347. The standard InChI is InChI=1S/C13H20O5.H2S/c1-8(2)11(13(16)17)7-10(14)5-6-12(15)18-9(3)4;/h5-6,8-9,11H,7H2,1-4H3,(H,16,17);1H2/b6-5+;. The molecule has 0 radical (unpaired) electrons. The third-order valence-corrected chi connectivity index (χ3v) is 2.30. The molecule has 0 rings (SSSR count). The summed E-state index contributed by atoms with van der Waals surface area (Å²) in [4.78, 5) is 33.5. The second-order valence-electron chi connectivity index (χ2n) is 4.68. The summed E-state index contributed by atoms with van der Waals surface area (Å²) in [5.41, 5.74) is 0. The van der Waals surface area contributed by atoms with Gasteiger partial charge in [-0.25, -0.2) is 4.79 Å². The molecule has 0 aliphatic heterocycles. The largest absolute Gasteiger partial charge is 0.481 e. The number of carboxylic acid groups (broad SMARTS) is 1. The van der Waals surface area contributed by atoms with Gasteiger partial charge in [0.1, 0.15) is 0 Å². The highest BCUT2D eigenvalue weighted by molar-refractivity contribution is 7.59. The minimum Gasteiger partial charge on any atom is -0.481 e. The molecule has 0 fully saturated rings. The van der Waals surface area contributed by atoms with Gasteiger partial charge in [-0.2, -0.15) is 13.5 Å². The zero-order valence-corrected chi connectivity index (χ0v) is 12.7. The lowest BCUT2D eigenvalue weighted by molar-refractivity contribution is -0.144. The predicted octanol–water partition coefficient (Wildman–Crippen LogP) is 1.92. The van der Waals surface area contributed by atoms with Crippen LogP contribution in [0.2, 0.25) is 0 Å². The summed E-state index contributed by atoms with van der Waals surface area (Å²) in [7, 11) is 0. The van der Waals surface area contributed by atoms with Gasteiger partial charge >= 0.3 is 11.9 Å². The maximum absolute atomic E-state index is 11.5. The average molecular weight is 290 g/mol. The number of rotatable bonds is 7. The van der Waals surface area contributed by atoms with Crippen LogP contribution in [0.1, 0.15) is 34.1 Å². The molecular formula is C13H22O5S. The van der Waals surface area contributed by atoms with E-state index in [1.165, 1.54) is 0 Å². The first-order valence-electron chi connectivity index (χ1n) is 5.88. The summed E-state index contributed by atoms with van der Waals surface area (Å²) < 4.78 is 4.81. The number of carbonyl (C=O) groups is 3. The van der Waals surface area contributed by atoms with Gasteiger partial charge < -0.3 is 9.84 Å². The maximum Gasteiger partial charge on any atom is 0.331 e. The van der Waals surface area contributed by atoms with E-state index in [4.69, 9.17) is 9.84 Å². The van der Waals surface area contributed by atoms with Gasteiger partial charge in [0.25, 0.3) is 0 Å². The van der Waals surface area contributed by atoms with Gasteiger partial charge in [-0.1, -0.05) is 13.8 Å². The van der Waals surface area contributed by atoms with Crippen molar-refractivity contribution < 1.29 is 24.2 Å². The first kappa shape index (κ1) is 20.0. The van der Waals surface area contributed by atoms with Crippen LogP contribution in [-0.4, -0.2) is 28.9 Å². The molecule has 1 atom stereocenters. The van der Waals surface area contributed by atoms with Gasteiger partial charge in [-0.3, -0.25) is 9.59 Å². The summed E-state index contributed by atoms with van der Waals surface area (Å²) in [5.74, 6) is -2.87. The molecule has 0 amide bonds. The Morgan fingerprint density at radius 3 is 2.00 bits per heavy atom. The Hall–Kier alpha value is -1.30. The normalized spacial score (nSPS) is 12.3. The van der Waals surface area contributed by atoms with Gasteiger partial charge in [0, 0.05) is 12.5 Å². The van der Waals surface area contributed by atoms with Crippen LogP contribution in [-0.2, 0) is 19.1 Å². The van der Waals surface area contributed by atoms with Gasteiger partial charge in [0.05, 0.1) is 12.0 Å². The molecule has 19 heavy (non-hydrogen) atoms. The molecule has 0 saturated heterocycles. The summed E-state index contributed by atoms with van der Waals surface area (Å²) in [6.45, 7) is 6.88. The molecule has 0 aliphatic rings. The molecule has 0 aliphatic carbocycles. The van der Waals surface area contributed by atoms with Crippen LogP contribution < -0.4 is 0 Å². The number of esters is 1. The fourth-order valence-corrected chi connectivity index (χ4v) is 1.33. The first-order chi connectivity index (χ1) is 8.23. The van der Waals surface area contributed by atoms with Crippen LogP contribution >= 0.6 is 13.5 Å². The van der Waals surface area contributed by atoms with Gasteiger partial charge in [0.2, 0.25) is 0 Å². The zero-order valence-electron chi connectivity index (χ0n) is 11.7. The molecule has 0 aromatic carbocycles. The Morgan fingerprint density at radius 2 is 1.63 bits per heavy atom. The van der Waals surface area contributed by atoms with Crippen molar-refractivity contribution in [2.24, 2.45) is 11.8 Å². The third-order valence-electron chi connectivity index (χ3n) is 2.30. The smallest absolute Gasteiger partial charge is 0.331 e. The quantitative estimate of drug-likeness (QED) is 0.572. The fraction of sp³-hybridized carbons (Fsp3) is 0.615. The summed E-state index contributed by atoms with van der Waals surface area (Å²) in [5, 5.41) is 8.92. The molecule has 1 N–H and O–H groups in total. The highest BCUT2D eigenvalue weighted by Gasteiger charge is 2.23. The topological polar surface area (TPSA) is 80.7 Å². The molecule has 0 heterocycles. The van der Waals surface area contributed by atoms with Crippen molar-refractivity contribution >= 4 is 31.2 Å². The van der Waals surface area contributed by atoms with E-state index >= 15 is 0 Å². The van der Waals surface area contributed by atoms with Crippen LogP contribution in [0.3, 0.4) is 0 Å². The minimum atomic E-state index is -1.00. The van der Waals surface area contributed by atoms with Crippen LogP contribution in [0, 0.1) is 11.8 Å². The van der Waals surface area contributed by atoms with Crippen LogP contribution in [0.15, 0.2) is 12.2 Å². The lowest BCUT2D eigenvalue weighted by Crippen LogP contribution is -2.22. The lowest BCUT2D eigenvalue weighted by atomic mass is 9.91. The van der Waals surface area contributed by atoms with E-state index in [0.29, 0.717) is 0 Å². The molecule has 0 saturated carbocycles. The Labute approximate surface area is 120 Å². The second kappa shape index (κ2) is 9.61. The first-order valence-corrected chi connectivity index (χ1v) is 5.88. The molecule has 0 bridgehead atoms. The SMILES string of the molecule is CC(C)OC(=O)/C=C/C(=O)CC(C(=O)O)C(C)C.S. The maximum atomic E-state index is 11.5. The van der Waals surface area contributed by atoms with Crippen LogP contribution in [0.25, 0.3) is 0 Å². The van der Waals surface area contributed by atoms with Crippen molar-refractivity contribution in [2.45, 2.75) is 40.2 Å². The number of ether oxygens (including phenoxy) is 1. The van der Waals surface area contributed by atoms with E-state index in [0.717, 1.165) is 12.2 Å². The lowest BCUT2D eigenvalue weighted by Gasteiger charge is -2.13. The van der Waals surface area contributed by atoms with E-state index in [1.807, 2.05) is 0 Å². The Balaban J connectivity index is 0. The van der Waals surface area contributed by atoms with Crippen LogP contribution in [0.4, 0.5) is 0 Å². The number of allylic oxidation sites excluding steroid dienone is 1. The monoisotopic (exact) mass is 290 g/mol. The van der Waals surface area contributed by atoms with E-state index in [-0.39, 0.29) is 31.9 Å². The van der Waals surface area contributed by atoms with E-state index in [2.05, 4.69) is 0 Å². The molecular weight excluding hydrogens is 268 g/mol. The number of aliphatic carboxylic acids is 1. The molecule has 0 spiro atoms. The predicted molar refractivity (Wildman–Crippen MR) is 76.3 cm³/mol. The van der Waals surface area contributed by atoms with Crippen LogP contribution in [0.5, 0.6) is 0 Å². The Morgan fingerprint density at radius 1 is 1.11 bits per heavy atom. The van der Waals surface area contributed by atoms with Gasteiger partial charge in [0.15, 0.2) is 5.78 Å². The molecule has 1 unspecified atom stereocenters. The van der Waals surface area contributed by atoms with E-state index in [1.54, 1.807) is 27.7 Å². The highest BCUT2D eigenvalue weighted by atomic mass is 32.1. The molecule has 0 aromatic rings. The zero-order chi connectivity index (χ0) is 14.3. The number of carbonyl (C=O) groups excluding carboxylic acids is 2. The highest BCUT2D eigenvalue weighted by Crippen LogP contribution is 2.16. The van der Waals surface area contributed by atoms with Crippen molar-refractivity contribution in [1.29, 1.82) is 0 Å². The Kier molecular flexibility index (Phi) is 10.1. The molecule has 5 nitrogen and oxygen atoms in total. The van der Waals surface area contributed by atoms with Gasteiger partial charge in [-0.05, 0) is 25.8 Å². The third kappa shape index (κ3) is 9.30. The van der Waals surface area contributed by atoms with Crippen molar-refractivity contribution in [1.82, 2.24) is 0 Å². The molecule has 6 heteroatoms. The average Bonchev–Trinajstić information content (AvgIpc) is 2.21. The number of hydrogen-bond donors (Lipinski definition) is 1. The second-order valence-corrected chi connectivity index (χ2v) is 4.68. The molecule has 110 valence electrons. The molecule has 0 aromatic heterocycles. The van der Waals surface area contributed by atoms with E-state index in [9.17, 15) is 14.4 Å². The van der Waals surface area contributed by atoms with Gasteiger partial charge in [-0.15, -0.1) is 0 Å². The fourth-order valence-electron chi connectivity index (χ4n) is 1.33. The minimum absolute atomic E-state index is 0. The van der Waals surface area contributed by atoms with Crippen molar-refractivity contribution in [3.05, 3.63) is 12.2 Å². The number of carboxylic acids is 1. The summed E-state index contributed by atoms with van der Waals surface area (Å²) in [6.07, 6.45) is 1.74.